The molecule has 0 bridgehead atoms. The average Bonchev–Trinajstić information content (AvgIpc) is 2.77. The molecule has 160 valence electrons. The van der Waals surface area contributed by atoms with Gasteiger partial charge in [-0.15, -0.1) is 0 Å². The van der Waals surface area contributed by atoms with Gasteiger partial charge in [0.15, 0.2) is 0 Å². The van der Waals surface area contributed by atoms with Crippen LogP contribution >= 0.6 is 12.2 Å². The van der Waals surface area contributed by atoms with Crippen molar-refractivity contribution in [1.82, 2.24) is 9.88 Å². The molecule has 0 unspecified atom stereocenters. The first-order valence-corrected chi connectivity index (χ1v) is 10.9. The number of benzene rings is 2. The lowest BCUT2D eigenvalue weighted by atomic mass is 9.89. The lowest BCUT2D eigenvalue weighted by Gasteiger charge is -2.32. The monoisotopic (exact) mass is 435 g/mol. The predicted octanol–water partition coefficient (Wildman–Crippen LogP) is 6.26. The van der Waals surface area contributed by atoms with Gasteiger partial charge in [0.25, 0.3) is 5.91 Å². The minimum absolute atomic E-state index is 0.0170. The number of H-pyrrole nitrogens is 1. The Morgan fingerprint density at radius 3 is 2.48 bits per heavy atom. The molecule has 1 amide bonds. The Morgan fingerprint density at radius 2 is 1.77 bits per heavy atom. The topological polar surface area (TPSA) is 48.1 Å². The van der Waals surface area contributed by atoms with Gasteiger partial charge >= 0.3 is 0 Å². The second-order valence-corrected chi connectivity index (χ2v) is 8.63. The van der Waals surface area contributed by atoms with Crippen molar-refractivity contribution in [3.63, 3.8) is 0 Å². The highest BCUT2D eigenvalue weighted by Gasteiger charge is 2.26. The molecule has 6 heteroatoms. The summed E-state index contributed by atoms with van der Waals surface area (Å²) in [5, 5.41) is 3.41. The van der Waals surface area contributed by atoms with E-state index >= 15 is 0 Å². The van der Waals surface area contributed by atoms with Crippen molar-refractivity contribution in [2.45, 2.75) is 32.6 Å². The smallest absolute Gasteiger partial charge is 0.257 e. The van der Waals surface area contributed by atoms with Gasteiger partial charge in [-0.1, -0.05) is 36.5 Å². The molecule has 1 aliphatic heterocycles. The summed E-state index contributed by atoms with van der Waals surface area (Å²) in [4.78, 5) is 18.2. The fraction of sp³-hybridized carbons (Fsp3) is 0.280. The second-order valence-electron chi connectivity index (χ2n) is 8.19. The zero-order chi connectivity index (χ0) is 22.0. The SMILES string of the molecule is Cc1ccc(C)c(Nc2cc(=S)[nH]cc2C(=O)N2CCC(c3ccc(F)cc3)CC2)c1. The fourth-order valence-corrected chi connectivity index (χ4v) is 4.27. The van der Waals surface area contributed by atoms with Crippen LogP contribution in [0.15, 0.2) is 54.7 Å². The van der Waals surface area contributed by atoms with Crippen LogP contribution in [0.25, 0.3) is 0 Å². The zero-order valence-electron chi connectivity index (χ0n) is 17.7. The molecule has 0 spiro atoms. The Kier molecular flexibility index (Phi) is 6.18. The summed E-state index contributed by atoms with van der Waals surface area (Å²) in [5.74, 6) is 0.108. The Balaban J connectivity index is 1.52. The Hall–Kier alpha value is -2.99. The van der Waals surface area contributed by atoms with Crippen molar-refractivity contribution in [2.24, 2.45) is 0 Å². The maximum Gasteiger partial charge on any atom is 0.257 e. The number of aromatic amines is 1. The van der Waals surface area contributed by atoms with Gasteiger partial charge in [0.05, 0.1) is 11.3 Å². The molecule has 1 saturated heterocycles. The minimum atomic E-state index is -0.221. The number of rotatable bonds is 4. The summed E-state index contributed by atoms with van der Waals surface area (Å²) in [6.45, 7) is 5.41. The number of piperidine rings is 1. The first-order chi connectivity index (χ1) is 14.9. The number of carbonyl (C=O) groups is 1. The number of carbonyl (C=O) groups excluding carboxylic acids is 1. The molecule has 0 saturated carbocycles. The lowest BCUT2D eigenvalue weighted by Crippen LogP contribution is -2.38. The van der Waals surface area contributed by atoms with Gasteiger partial charge in [-0.3, -0.25) is 4.79 Å². The molecule has 1 fully saturated rings. The van der Waals surface area contributed by atoms with Gasteiger partial charge in [-0.25, -0.2) is 4.39 Å². The second kappa shape index (κ2) is 9.02. The number of amides is 1. The summed E-state index contributed by atoms with van der Waals surface area (Å²) in [7, 11) is 0. The van der Waals surface area contributed by atoms with Crippen molar-refractivity contribution in [1.29, 1.82) is 0 Å². The number of halogens is 1. The van der Waals surface area contributed by atoms with Gasteiger partial charge in [0, 0.05) is 25.0 Å². The highest BCUT2D eigenvalue weighted by Crippen LogP contribution is 2.30. The number of likely N-dealkylation sites (tertiary alicyclic amines) is 1. The molecule has 4 nitrogen and oxygen atoms in total. The molecule has 0 aliphatic carbocycles. The van der Waals surface area contributed by atoms with Crippen molar-refractivity contribution < 1.29 is 9.18 Å². The normalized spacial score (nSPS) is 14.5. The van der Waals surface area contributed by atoms with Crippen LogP contribution in [0.1, 0.15) is 45.8 Å². The molecule has 1 aromatic heterocycles. The number of aryl methyl sites for hydroxylation is 2. The summed E-state index contributed by atoms with van der Waals surface area (Å²) in [6.07, 6.45) is 3.42. The summed E-state index contributed by atoms with van der Waals surface area (Å²) in [5.41, 5.74) is 5.63. The molecule has 2 heterocycles. The Morgan fingerprint density at radius 1 is 1.06 bits per heavy atom. The standard InChI is InChI=1S/C25H26FN3OS/c1-16-3-4-17(2)22(13-16)28-23-14-24(31)27-15-21(23)25(30)29-11-9-19(10-12-29)18-5-7-20(26)8-6-18/h3-8,13-15,19H,9-12H2,1-2H3,(H2,27,28,31). The molecular formula is C25H26FN3OS. The van der Waals surface area contributed by atoms with E-state index in [1.165, 1.54) is 12.1 Å². The van der Waals surface area contributed by atoms with Gasteiger partial charge < -0.3 is 15.2 Å². The molecule has 2 aromatic carbocycles. The summed E-state index contributed by atoms with van der Waals surface area (Å²) >= 11 is 5.31. The van der Waals surface area contributed by atoms with Gasteiger partial charge in [0.1, 0.15) is 10.5 Å². The first-order valence-electron chi connectivity index (χ1n) is 10.5. The fourth-order valence-electron chi connectivity index (χ4n) is 4.09. The minimum Gasteiger partial charge on any atom is -0.355 e. The van der Waals surface area contributed by atoms with Crippen molar-refractivity contribution in [3.05, 3.63) is 87.4 Å². The van der Waals surface area contributed by atoms with Crippen LogP contribution in [0.5, 0.6) is 0 Å². The third-order valence-corrected chi connectivity index (χ3v) is 6.18. The van der Waals surface area contributed by atoms with Crippen LogP contribution < -0.4 is 5.32 Å². The third-order valence-electron chi connectivity index (χ3n) is 5.94. The molecule has 2 N–H and O–H groups in total. The lowest BCUT2D eigenvalue weighted by molar-refractivity contribution is 0.0713. The molecule has 0 atom stereocenters. The van der Waals surface area contributed by atoms with Crippen molar-refractivity contribution in [2.75, 3.05) is 18.4 Å². The average molecular weight is 436 g/mol. The van der Waals surface area contributed by atoms with Gasteiger partial charge in [-0.2, -0.15) is 0 Å². The third kappa shape index (κ3) is 4.85. The van der Waals surface area contributed by atoms with Crippen LogP contribution in [0.2, 0.25) is 0 Å². The maximum absolute atomic E-state index is 13.3. The molecule has 0 radical (unpaired) electrons. The van der Waals surface area contributed by atoms with Gasteiger partial charge in [0.2, 0.25) is 0 Å². The highest BCUT2D eigenvalue weighted by atomic mass is 32.1. The van der Waals surface area contributed by atoms with Crippen LogP contribution in [0.3, 0.4) is 0 Å². The molecule has 31 heavy (non-hydrogen) atoms. The van der Waals surface area contributed by atoms with Crippen molar-refractivity contribution in [3.8, 4) is 0 Å². The Bertz CT molecular complexity index is 1150. The molecule has 3 aromatic rings. The molecule has 4 rings (SSSR count). The van der Waals surface area contributed by atoms with E-state index in [1.807, 2.05) is 30.9 Å². The number of anilines is 2. The van der Waals surface area contributed by atoms with Gasteiger partial charge in [-0.05, 0) is 73.6 Å². The van der Waals surface area contributed by atoms with E-state index in [1.54, 1.807) is 12.3 Å². The zero-order valence-corrected chi connectivity index (χ0v) is 18.6. The predicted molar refractivity (Wildman–Crippen MR) is 125 cm³/mol. The van der Waals surface area contributed by atoms with Crippen LogP contribution in [-0.4, -0.2) is 28.9 Å². The highest BCUT2D eigenvalue weighted by molar-refractivity contribution is 7.71. The first kappa shape index (κ1) is 21.2. The van der Waals surface area contributed by atoms with E-state index in [4.69, 9.17) is 12.2 Å². The number of nitrogens with one attached hydrogen (secondary N) is 2. The van der Waals surface area contributed by atoms with E-state index in [0.717, 1.165) is 35.2 Å². The summed E-state index contributed by atoms with van der Waals surface area (Å²) in [6, 6.07) is 14.7. The van der Waals surface area contributed by atoms with E-state index in [2.05, 4.69) is 28.5 Å². The quantitative estimate of drug-likeness (QED) is 0.475. The summed E-state index contributed by atoms with van der Waals surface area (Å²) < 4.78 is 13.8. The Labute approximate surface area is 187 Å². The number of pyridine rings is 1. The maximum atomic E-state index is 13.3. The van der Waals surface area contributed by atoms with E-state index in [9.17, 15) is 9.18 Å². The number of aromatic nitrogens is 1. The number of nitrogens with zero attached hydrogens (tertiary/aromatic N) is 1. The number of hydrogen-bond donors (Lipinski definition) is 2. The van der Waals surface area contributed by atoms with Crippen LogP contribution in [0, 0.1) is 24.3 Å². The van der Waals surface area contributed by atoms with Crippen LogP contribution in [-0.2, 0) is 0 Å². The molecular weight excluding hydrogens is 409 g/mol. The van der Waals surface area contributed by atoms with Crippen LogP contribution in [0.4, 0.5) is 15.8 Å². The van der Waals surface area contributed by atoms with E-state index < -0.39 is 0 Å². The largest absolute Gasteiger partial charge is 0.355 e. The number of hydrogen-bond acceptors (Lipinski definition) is 3. The van der Waals surface area contributed by atoms with E-state index in [-0.39, 0.29) is 11.7 Å². The van der Waals surface area contributed by atoms with E-state index in [0.29, 0.717) is 34.9 Å². The molecule has 1 aliphatic rings. The van der Waals surface area contributed by atoms with Crippen molar-refractivity contribution >= 4 is 29.5 Å².